The van der Waals surface area contributed by atoms with E-state index in [0.717, 1.165) is 11.3 Å². The molecule has 6 heteroatoms. The summed E-state index contributed by atoms with van der Waals surface area (Å²) in [5.41, 5.74) is 1.90. The van der Waals surface area contributed by atoms with Crippen LogP contribution in [0.25, 0.3) is 6.08 Å². The first kappa shape index (κ1) is 17.0. The fraction of sp³-hybridized carbons (Fsp3) is 0.158. The Morgan fingerprint density at radius 3 is 2.56 bits per heavy atom. The molecule has 1 heterocycles. The maximum atomic E-state index is 12.8. The molecule has 5 nitrogen and oxygen atoms in total. The molecule has 0 aliphatic carbocycles. The zero-order chi connectivity index (χ0) is 17.8. The first-order valence-corrected chi connectivity index (χ1v) is 8.28. The second-order valence-corrected chi connectivity index (χ2v) is 5.68. The quantitative estimate of drug-likeness (QED) is 0.659. The van der Waals surface area contributed by atoms with E-state index in [0.29, 0.717) is 28.9 Å². The number of methoxy groups -OCH3 is 1. The van der Waals surface area contributed by atoms with E-state index in [4.69, 9.17) is 21.7 Å². The number of amides is 1. The van der Waals surface area contributed by atoms with Gasteiger partial charge >= 0.3 is 0 Å². The van der Waals surface area contributed by atoms with E-state index in [-0.39, 0.29) is 5.91 Å². The molecular formula is C19H18N2O3S. The summed E-state index contributed by atoms with van der Waals surface area (Å²) in [5, 5.41) is 3.32. The van der Waals surface area contributed by atoms with Crippen LogP contribution in [0.4, 0.5) is 5.69 Å². The molecule has 1 N–H and O–H groups in total. The number of benzene rings is 2. The van der Waals surface area contributed by atoms with Crippen molar-refractivity contribution in [2.45, 2.75) is 6.92 Å². The van der Waals surface area contributed by atoms with E-state index in [1.54, 1.807) is 13.2 Å². The smallest absolute Gasteiger partial charge is 0.281 e. The van der Waals surface area contributed by atoms with Crippen molar-refractivity contribution in [1.29, 1.82) is 0 Å². The highest BCUT2D eigenvalue weighted by Crippen LogP contribution is 2.26. The Labute approximate surface area is 151 Å². The van der Waals surface area contributed by atoms with Gasteiger partial charge in [0, 0.05) is 5.56 Å². The molecule has 0 radical (unpaired) electrons. The number of nitrogens with one attached hydrogen (secondary N) is 1. The second-order valence-electron chi connectivity index (χ2n) is 5.30. The molecule has 1 saturated heterocycles. The lowest BCUT2D eigenvalue weighted by molar-refractivity contribution is -0.113. The van der Waals surface area contributed by atoms with Crippen LogP contribution < -0.4 is 19.7 Å². The molecule has 1 aliphatic heterocycles. The van der Waals surface area contributed by atoms with Crippen molar-refractivity contribution >= 4 is 35.0 Å². The molecule has 25 heavy (non-hydrogen) atoms. The molecule has 1 aliphatic rings. The van der Waals surface area contributed by atoms with Crippen LogP contribution in [0.15, 0.2) is 54.2 Å². The number of rotatable bonds is 5. The average Bonchev–Trinajstić information content (AvgIpc) is 2.90. The molecule has 0 aromatic heterocycles. The number of hydrogen-bond donors (Lipinski definition) is 1. The summed E-state index contributed by atoms with van der Waals surface area (Å²) in [7, 11) is 1.60. The number of nitrogens with zero attached hydrogens (tertiary/aromatic N) is 1. The molecule has 0 unspecified atom stereocenters. The molecule has 128 valence electrons. The first-order valence-electron chi connectivity index (χ1n) is 7.87. The predicted octanol–water partition coefficient (Wildman–Crippen LogP) is 3.36. The lowest BCUT2D eigenvalue weighted by Gasteiger charge is -2.14. The SMILES string of the molecule is CCOc1ccc(N2C(=O)/C(=C\c3ccccc3OC)NC2=S)cc1. The number of ether oxygens (including phenoxy) is 2. The Bertz CT molecular complexity index is 831. The van der Waals surface area contributed by atoms with Gasteiger partial charge in [0.05, 0.1) is 19.4 Å². The average molecular weight is 354 g/mol. The third-order valence-corrected chi connectivity index (χ3v) is 4.01. The van der Waals surface area contributed by atoms with E-state index >= 15 is 0 Å². The number of thiocarbonyl (C=S) groups is 1. The molecule has 0 bridgehead atoms. The van der Waals surface area contributed by atoms with Crippen molar-refractivity contribution in [3.8, 4) is 11.5 Å². The molecule has 3 rings (SSSR count). The van der Waals surface area contributed by atoms with E-state index < -0.39 is 0 Å². The van der Waals surface area contributed by atoms with Gasteiger partial charge in [-0.15, -0.1) is 0 Å². The van der Waals surface area contributed by atoms with Gasteiger partial charge < -0.3 is 14.8 Å². The van der Waals surface area contributed by atoms with Crippen LogP contribution in [0.3, 0.4) is 0 Å². The third kappa shape index (κ3) is 3.49. The van der Waals surface area contributed by atoms with Crippen LogP contribution in [-0.2, 0) is 4.79 Å². The lowest BCUT2D eigenvalue weighted by atomic mass is 10.1. The topological polar surface area (TPSA) is 50.8 Å². The summed E-state index contributed by atoms with van der Waals surface area (Å²) in [6, 6.07) is 14.7. The highest BCUT2D eigenvalue weighted by Gasteiger charge is 2.32. The van der Waals surface area contributed by atoms with E-state index in [1.807, 2.05) is 55.5 Å². The van der Waals surface area contributed by atoms with Crippen LogP contribution in [0.2, 0.25) is 0 Å². The Morgan fingerprint density at radius 1 is 1.16 bits per heavy atom. The van der Waals surface area contributed by atoms with Crippen molar-refractivity contribution in [2.75, 3.05) is 18.6 Å². The molecule has 0 saturated carbocycles. The number of carbonyl (C=O) groups excluding carboxylic acids is 1. The Balaban J connectivity index is 1.88. The Kier molecular flexibility index (Phi) is 5.00. The summed E-state index contributed by atoms with van der Waals surface area (Å²) in [6.45, 7) is 2.51. The molecule has 0 spiro atoms. The Morgan fingerprint density at radius 2 is 1.88 bits per heavy atom. The van der Waals surface area contributed by atoms with Crippen LogP contribution in [-0.4, -0.2) is 24.7 Å². The predicted molar refractivity (Wildman–Crippen MR) is 102 cm³/mol. The minimum atomic E-state index is -0.208. The monoisotopic (exact) mass is 354 g/mol. The van der Waals surface area contributed by atoms with E-state index in [9.17, 15) is 4.79 Å². The third-order valence-electron chi connectivity index (χ3n) is 3.72. The van der Waals surface area contributed by atoms with Crippen LogP contribution >= 0.6 is 12.2 Å². The van der Waals surface area contributed by atoms with Gasteiger partial charge in [-0.1, -0.05) is 18.2 Å². The van der Waals surface area contributed by atoms with Crippen molar-refractivity contribution in [2.24, 2.45) is 0 Å². The highest BCUT2D eigenvalue weighted by molar-refractivity contribution is 7.80. The van der Waals surface area contributed by atoms with E-state index in [2.05, 4.69) is 5.32 Å². The van der Waals surface area contributed by atoms with Crippen molar-refractivity contribution in [3.05, 3.63) is 59.8 Å². The zero-order valence-electron chi connectivity index (χ0n) is 14.0. The number of para-hydroxylation sites is 1. The van der Waals surface area contributed by atoms with Gasteiger partial charge in [0.25, 0.3) is 5.91 Å². The van der Waals surface area contributed by atoms with Gasteiger partial charge in [0.15, 0.2) is 5.11 Å². The summed E-state index contributed by atoms with van der Waals surface area (Å²) >= 11 is 5.33. The molecule has 2 aromatic rings. The first-order chi connectivity index (χ1) is 12.1. The molecule has 0 atom stereocenters. The molecule has 2 aromatic carbocycles. The highest BCUT2D eigenvalue weighted by atomic mass is 32.1. The van der Waals surface area contributed by atoms with Crippen LogP contribution in [0.1, 0.15) is 12.5 Å². The maximum absolute atomic E-state index is 12.8. The van der Waals surface area contributed by atoms with Gasteiger partial charge in [0.1, 0.15) is 17.2 Å². The van der Waals surface area contributed by atoms with Crippen molar-refractivity contribution in [1.82, 2.24) is 5.32 Å². The van der Waals surface area contributed by atoms with Gasteiger partial charge in [-0.3, -0.25) is 9.69 Å². The fourth-order valence-corrected chi connectivity index (χ4v) is 2.87. The van der Waals surface area contributed by atoms with Crippen LogP contribution in [0.5, 0.6) is 11.5 Å². The van der Waals surface area contributed by atoms with E-state index in [1.165, 1.54) is 4.90 Å². The summed E-state index contributed by atoms with van der Waals surface area (Å²) in [6.07, 6.45) is 1.74. The largest absolute Gasteiger partial charge is 0.496 e. The maximum Gasteiger partial charge on any atom is 0.281 e. The molecular weight excluding hydrogens is 336 g/mol. The van der Waals surface area contributed by atoms with Gasteiger partial charge in [-0.25, -0.2) is 0 Å². The summed E-state index contributed by atoms with van der Waals surface area (Å²) < 4.78 is 10.7. The number of carbonyl (C=O) groups is 1. The standard InChI is InChI=1S/C19H18N2O3S/c1-3-24-15-10-8-14(9-11-15)21-18(22)16(20-19(21)25)12-13-6-4-5-7-17(13)23-2/h4-12H,3H2,1-2H3,(H,20,25)/b16-12+. The number of hydrogen-bond acceptors (Lipinski definition) is 4. The zero-order valence-corrected chi connectivity index (χ0v) is 14.8. The lowest BCUT2D eigenvalue weighted by Crippen LogP contribution is -2.30. The van der Waals surface area contributed by atoms with Crippen molar-refractivity contribution in [3.63, 3.8) is 0 Å². The normalized spacial score (nSPS) is 15.4. The summed E-state index contributed by atoms with van der Waals surface area (Å²) in [5.74, 6) is 1.23. The fourth-order valence-electron chi connectivity index (χ4n) is 2.57. The Hall–Kier alpha value is -2.86. The molecule has 1 fully saturated rings. The minimum absolute atomic E-state index is 0.208. The summed E-state index contributed by atoms with van der Waals surface area (Å²) in [4.78, 5) is 14.2. The molecule has 1 amide bonds. The van der Waals surface area contributed by atoms with Crippen LogP contribution in [0, 0.1) is 0 Å². The van der Waals surface area contributed by atoms with Gasteiger partial charge in [-0.05, 0) is 55.5 Å². The minimum Gasteiger partial charge on any atom is -0.496 e. The van der Waals surface area contributed by atoms with Crippen molar-refractivity contribution < 1.29 is 14.3 Å². The number of anilines is 1. The second kappa shape index (κ2) is 7.36. The van der Waals surface area contributed by atoms with Gasteiger partial charge in [-0.2, -0.15) is 0 Å². The van der Waals surface area contributed by atoms with Gasteiger partial charge in [0.2, 0.25) is 0 Å².